The summed E-state index contributed by atoms with van der Waals surface area (Å²) in [6, 6.07) is 12.3. The molecule has 1 amide bonds. The maximum atomic E-state index is 12.7. The number of carbonyl (C=O) groups is 1. The molecule has 0 atom stereocenters. The smallest absolute Gasteiger partial charge is 0.263 e. The number of benzene rings is 2. The Morgan fingerprint density at radius 3 is 2.26 bits per heavy atom. The first-order chi connectivity index (χ1) is 16.7. The van der Waals surface area contributed by atoms with E-state index < -0.39 is 20.0 Å². The average molecular weight is 537 g/mol. The van der Waals surface area contributed by atoms with Gasteiger partial charge in [-0.05, 0) is 48.4 Å². The van der Waals surface area contributed by atoms with Gasteiger partial charge in [0.05, 0.1) is 23.0 Å². The number of nitrogens with zero attached hydrogens (tertiary/aromatic N) is 2. The summed E-state index contributed by atoms with van der Waals surface area (Å²) in [5.41, 5.74) is 1.30. The molecule has 0 unspecified atom stereocenters. The van der Waals surface area contributed by atoms with Gasteiger partial charge in [-0.15, -0.1) is 11.3 Å². The van der Waals surface area contributed by atoms with E-state index in [1.807, 2.05) is 0 Å². The second-order valence-corrected chi connectivity index (χ2v) is 12.2. The molecule has 1 saturated heterocycles. The molecule has 0 radical (unpaired) electrons. The maximum absolute atomic E-state index is 12.7. The van der Waals surface area contributed by atoms with Gasteiger partial charge in [0.15, 0.2) is 5.13 Å². The van der Waals surface area contributed by atoms with Crippen molar-refractivity contribution in [3.05, 3.63) is 65.7 Å². The van der Waals surface area contributed by atoms with Crippen molar-refractivity contribution in [1.29, 1.82) is 0 Å². The highest BCUT2D eigenvalue weighted by atomic mass is 32.2. The third-order valence-electron chi connectivity index (χ3n) is 5.27. The van der Waals surface area contributed by atoms with Crippen LogP contribution in [0.3, 0.4) is 0 Å². The van der Waals surface area contributed by atoms with E-state index >= 15 is 0 Å². The first-order valence-electron chi connectivity index (χ1n) is 10.7. The van der Waals surface area contributed by atoms with Gasteiger partial charge in [-0.3, -0.25) is 9.52 Å². The van der Waals surface area contributed by atoms with Gasteiger partial charge in [0, 0.05) is 36.8 Å². The summed E-state index contributed by atoms with van der Waals surface area (Å²) in [7, 11) is -7.32. The first kappa shape index (κ1) is 25.3. The number of aryl methyl sites for hydroxylation is 1. The number of thiazole rings is 1. The molecule has 0 spiro atoms. The van der Waals surface area contributed by atoms with Crippen LogP contribution in [0.25, 0.3) is 0 Å². The highest BCUT2D eigenvalue weighted by Crippen LogP contribution is 2.21. The molecule has 0 bridgehead atoms. The zero-order valence-corrected chi connectivity index (χ0v) is 21.0. The Kier molecular flexibility index (Phi) is 7.82. The number of ether oxygens (including phenoxy) is 1. The second-order valence-electron chi connectivity index (χ2n) is 7.68. The number of sulfonamides is 2. The van der Waals surface area contributed by atoms with Crippen molar-refractivity contribution in [2.45, 2.75) is 22.6 Å². The topological polar surface area (TPSA) is 135 Å². The molecule has 2 N–H and O–H groups in total. The Hall–Kier alpha value is -2.84. The lowest BCUT2D eigenvalue weighted by Crippen LogP contribution is -2.40. The molecule has 1 aromatic heterocycles. The molecule has 0 saturated carbocycles. The van der Waals surface area contributed by atoms with E-state index in [9.17, 15) is 21.6 Å². The molecule has 2 aromatic carbocycles. The van der Waals surface area contributed by atoms with Crippen molar-refractivity contribution in [3.8, 4) is 0 Å². The van der Waals surface area contributed by atoms with Crippen LogP contribution in [0, 0.1) is 0 Å². The molecule has 0 aliphatic carbocycles. The number of amides is 1. The first-order valence-corrected chi connectivity index (χ1v) is 14.5. The minimum absolute atomic E-state index is 0.0535. The Labute approximate surface area is 208 Å². The van der Waals surface area contributed by atoms with Gasteiger partial charge in [0.25, 0.3) is 10.0 Å². The maximum Gasteiger partial charge on any atom is 0.263 e. The van der Waals surface area contributed by atoms with Crippen molar-refractivity contribution in [2.24, 2.45) is 0 Å². The lowest BCUT2D eigenvalue weighted by atomic mass is 10.1. The predicted molar refractivity (Wildman–Crippen MR) is 132 cm³/mol. The minimum Gasteiger partial charge on any atom is -0.379 e. The summed E-state index contributed by atoms with van der Waals surface area (Å²) in [5.74, 6) is -0.244. The summed E-state index contributed by atoms with van der Waals surface area (Å²) < 4.78 is 59.2. The van der Waals surface area contributed by atoms with Gasteiger partial charge in [0.1, 0.15) is 0 Å². The molecule has 35 heavy (non-hydrogen) atoms. The predicted octanol–water partition coefficient (Wildman–Crippen LogP) is 2.54. The normalized spacial score (nSPS) is 15.0. The number of hydrogen-bond acceptors (Lipinski definition) is 8. The summed E-state index contributed by atoms with van der Waals surface area (Å²) in [4.78, 5) is 16.5. The molecular formula is C22H24N4O6S3. The van der Waals surface area contributed by atoms with Crippen molar-refractivity contribution in [3.63, 3.8) is 0 Å². The van der Waals surface area contributed by atoms with E-state index in [-0.39, 0.29) is 27.3 Å². The van der Waals surface area contributed by atoms with Crippen molar-refractivity contribution in [1.82, 2.24) is 9.29 Å². The molecule has 1 aliphatic rings. The number of aromatic nitrogens is 1. The van der Waals surface area contributed by atoms with Crippen LogP contribution < -0.4 is 10.0 Å². The SMILES string of the molecule is O=C(CCc1ccc(S(=O)(=O)N2CCOCC2)cc1)Nc1ccc(S(=O)(=O)Nc2nccs2)cc1. The minimum atomic E-state index is -3.76. The Bertz CT molecular complexity index is 1350. The van der Waals surface area contributed by atoms with Gasteiger partial charge in [-0.25, -0.2) is 21.8 Å². The Morgan fingerprint density at radius 1 is 0.971 bits per heavy atom. The molecule has 13 heteroatoms. The van der Waals surface area contributed by atoms with E-state index in [0.717, 1.165) is 5.56 Å². The quantitative estimate of drug-likeness (QED) is 0.429. The number of morpholine rings is 1. The van der Waals surface area contributed by atoms with E-state index in [4.69, 9.17) is 4.74 Å². The summed E-state index contributed by atoms with van der Waals surface area (Å²) in [5, 5.41) is 4.67. The van der Waals surface area contributed by atoms with Crippen LogP contribution in [0.4, 0.5) is 10.8 Å². The number of nitrogens with one attached hydrogen (secondary N) is 2. The molecule has 3 aromatic rings. The van der Waals surface area contributed by atoms with Crippen LogP contribution in [0.2, 0.25) is 0 Å². The highest BCUT2D eigenvalue weighted by Gasteiger charge is 2.26. The number of carbonyl (C=O) groups excluding carboxylic acids is 1. The van der Waals surface area contributed by atoms with Gasteiger partial charge >= 0.3 is 0 Å². The number of rotatable bonds is 9. The summed E-state index contributed by atoms with van der Waals surface area (Å²) in [6.07, 6.45) is 2.11. The number of hydrogen-bond donors (Lipinski definition) is 2. The van der Waals surface area contributed by atoms with Crippen LogP contribution >= 0.6 is 11.3 Å². The Morgan fingerprint density at radius 2 is 1.63 bits per heavy atom. The molecule has 10 nitrogen and oxygen atoms in total. The van der Waals surface area contributed by atoms with E-state index in [1.165, 1.54) is 46.1 Å². The van der Waals surface area contributed by atoms with Crippen LogP contribution in [-0.2, 0) is 36.0 Å². The molecule has 186 valence electrons. The molecule has 2 heterocycles. The lowest BCUT2D eigenvalue weighted by Gasteiger charge is -2.26. The van der Waals surface area contributed by atoms with E-state index in [0.29, 0.717) is 38.4 Å². The standard InChI is InChI=1S/C22H24N4O6S3/c27-21(24-18-4-8-19(9-5-18)34(28,29)25-22-23-11-16-33-22)10-3-17-1-6-20(7-2-17)35(30,31)26-12-14-32-15-13-26/h1-2,4-9,11,16H,3,10,12-15H2,(H,23,25)(H,24,27). The zero-order valence-electron chi connectivity index (χ0n) is 18.6. The average Bonchev–Trinajstić information content (AvgIpc) is 3.36. The summed E-state index contributed by atoms with van der Waals surface area (Å²) in [6.45, 7) is 1.43. The van der Waals surface area contributed by atoms with Gasteiger partial charge < -0.3 is 10.1 Å². The third kappa shape index (κ3) is 6.44. The zero-order chi connectivity index (χ0) is 24.9. The van der Waals surface area contributed by atoms with E-state index in [1.54, 1.807) is 29.6 Å². The van der Waals surface area contributed by atoms with Gasteiger partial charge in [-0.1, -0.05) is 12.1 Å². The number of anilines is 2. The third-order valence-corrected chi connectivity index (χ3v) is 9.36. The van der Waals surface area contributed by atoms with Gasteiger partial charge in [0.2, 0.25) is 15.9 Å². The highest BCUT2D eigenvalue weighted by molar-refractivity contribution is 7.93. The van der Waals surface area contributed by atoms with Crippen molar-refractivity contribution >= 4 is 48.1 Å². The van der Waals surface area contributed by atoms with Crippen LogP contribution in [0.5, 0.6) is 0 Å². The van der Waals surface area contributed by atoms with Crippen LogP contribution in [0.15, 0.2) is 69.9 Å². The van der Waals surface area contributed by atoms with Crippen molar-refractivity contribution in [2.75, 3.05) is 36.3 Å². The van der Waals surface area contributed by atoms with E-state index in [2.05, 4.69) is 15.0 Å². The summed E-state index contributed by atoms with van der Waals surface area (Å²) >= 11 is 1.17. The molecule has 4 rings (SSSR count). The molecular weight excluding hydrogens is 512 g/mol. The van der Waals surface area contributed by atoms with Crippen LogP contribution in [0.1, 0.15) is 12.0 Å². The second kappa shape index (κ2) is 10.8. The Balaban J connectivity index is 1.29. The van der Waals surface area contributed by atoms with Crippen LogP contribution in [-0.4, -0.2) is 58.3 Å². The fourth-order valence-corrected chi connectivity index (χ4v) is 6.61. The van der Waals surface area contributed by atoms with Gasteiger partial charge in [-0.2, -0.15) is 4.31 Å². The van der Waals surface area contributed by atoms with Crippen molar-refractivity contribution < 1.29 is 26.4 Å². The molecule has 1 aliphatic heterocycles. The fourth-order valence-electron chi connectivity index (χ4n) is 3.41. The fraction of sp³-hybridized carbons (Fsp3) is 0.273. The lowest BCUT2D eigenvalue weighted by molar-refractivity contribution is -0.116. The largest absolute Gasteiger partial charge is 0.379 e. The monoisotopic (exact) mass is 536 g/mol. The molecule has 1 fully saturated rings.